The Hall–Kier alpha value is -1.41. The molecule has 1 amide bonds. The third kappa shape index (κ3) is 4.99. The summed E-state index contributed by atoms with van der Waals surface area (Å²) in [7, 11) is 0. The van der Waals surface area contributed by atoms with Gasteiger partial charge < -0.3 is 14.8 Å². The molecule has 0 saturated heterocycles. The number of rotatable bonds is 4. The summed E-state index contributed by atoms with van der Waals surface area (Å²) < 4.78 is 10.9. The minimum absolute atomic E-state index is 0.0880. The van der Waals surface area contributed by atoms with E-state index in [0.717, 1.165) is 4.47 Å². The molecular weight excluding hydrogens is 334 g/mol. The maximum Gasteiger partial charge on any atom is 0.413 e. The van der Waals surface area contributed by atoms with Gasteiger partial charge in [-0.3, -0.25) is 5.32 Å². The number of aromatic nitrogens is 1. The van der Waals surface area contributed by atoms with Crippen LogP contribution in [0.4, 0.5) is 10.6 Å². The zero-order valence-corrected chi connectivity index (χ0v) is 12.9. The summed E-state index contributed by atoms with van der Waals surface area (Å²) in [4.78, 5) is 15.3. The highest BCUT2D eigenvalue weighted by Gasteiger charge is 2.12. The molecule has 1 aromatic rings. The van der Waals surface area contributed by atoms with Gasteiger partial charge >= 0.3 is 6.09 Å². The highest BCUT2D eigenvalue weighted by atomic mass is 79.9. The van der Waals surface area contributed by atoms with Crippen LogP contribution >= 0.6 is 28.1 Å². The lowest BCUT2D eigenvalue weighted by atomic mass is 10.4. The predicted molar refractivity (Wildman–Crippen MR) is 79.5 cm³/mol. The maximum atomic E-state index is 11.2. The normalized spacial score (nSPS) is 9.63. The van der Waals surface area contributed by atoms with Crippen LogP contribution in [0.1, 0.15) is 13.8 Å². The molecule has 104 valence electrons. The van der Waals surface area contributed by atoms with E-state index in [9.17, 15) is 4.79 Å². The molecule has 0 aromatic carbocycles. The third-order valence-electron chi connectivity index (χ3n) is 1.87. The van der Waals surface area contributed by atoms with Crippen LogP contribution < -0.4 is 15.4 Å². The number of amides is 1. The Morgan fingerprint density at radius 2 is 2.21 bits per heavy atom. The van der Waals surface area contributed by atoms with E-state index in [0.29, 0.717) is 18.2 Å². The summed E-state index contributed by atoms with van der Waals surface area (Å²) in [6, 6.07) is 1.75. The summed E-state index contributed by atoms with van der Waals surface area (Å²) in [6.45, 7) is 4.32. The highest BCUT2D eigenvalue weighted by molar-refractivity contribution is 9.10. The van der Waals surface area contributed by atoms with Gasteiger partial charge in [0.15, 0.2) is 16.7 Å². The van der Waals surface area contributed by atoms with Crippen LogP contribution in [0.3, 0.4) is 0 Å². The number of carbonyl (C=O) groups excluding carboxylic acids is 1. The van der Waals surface area contributed by atoms with Gasteiger partial charge in [-0.2, -0.15) is 0 Å². The smallest absolute Gasteiger partial charge is 0.413 e. The number of anilines is 1. The average molecular weight is 348 g/mol. The van der Waals surface area contributed by atoms with Crippen molar-refractivity contribution in [1.29, 1.82) is 0 Å². The molecule has 0 aliphatic carbocycles. The van der Waals surface area contributed by atoms with Crippen molar-refractivity contribution in [2.75, 3.05) is 18.5 Å². The van der Waals surface area contributed by atoms with E-state index in [1.54, 1.807) is 19.2 Å². The van der Waals surface area contributed by atoms with E-state index in [2.05, 4.69) is 31.5 Å². The molecule has 19 heavy (non-hydrogen) atoms. The average Bonchev–Trinajstić information content (AvgIpc) is 2.33. The van der Waals surface area contributed by atoms with Gasteiger partial charge in [-0.1, -0.05) is 0 Å². The van der Waals surface area contributed by atoms with Crippen molar-refractivity contribution in [2.24, 2.45) is 0 Å². The molecule has 0 saturated carbocycles. The topological polar surface area (TPSA) is 72.5 Å². The molecule has 0 aliphatic heterocycles. The number of carbonyl (C=O) groups is 1. The van der Waals surface area contributed by atoms with Crippen LogP contribution in [-0.2, 0) is 4.74 Å². The number of hydrogen-bond donors (Lipinski definition) is 2. The van der Waals surface area contributed by atoms with E-state index < -0.39 is 6.09 Å². The van der Waals surface area contributed by atoms with Gasteiger partial charge in [-0.05, 0) is 48.1 Å². The van der Waals surface area contributed by atoms with Gasteiger partial charge in [0.25, 0.3) is 0 Å². The van der Waals surface area contributed by atoms with Gasteiger partial charge in [-0.25, -0.2) is 9.78 Å². The Balaban J connectivity index is 2.73. The van der Waals surface area contributed by atoms with Gasteiger partial charge in [-0.15, -0.1) is 0 Å². The van der Waals surface area contributed by atoms with E-state index in [1.165, 1.54) is 0 Å². The molecule has 0 aliphatic rings. The zero-order valence-electron chi connectivity index (χ0n) is 10.5. The van der Waals surface area contributed by atoms with Crippen molar-refractivity contribution in [3.63, 3.8) is 0 Å². The molecule has 0 radical (unpaired) electrons. The number of hydrogen-bond acceptors (Lipinski definition) is 5. The fourth-order valence-corrected chi connectivity index (χ4v) is 1.79. The first kappa shape index (κ1) is 15.6. The molecule has 8 heteroatoms. The fraction of sp³-hybridized carbons (Fsp3) is 0.364. The van der Waals surface area contributed by atoms with E-state index in [-0.39, 0.29) is 11.7 Å². The molecule has 2 N–H and O–H groups in total. The summed E-state index contributed by atoms with van der Waals surface area (Å²) in [5, 5.41) is 5.23. The molecule has 6 nitrogen and oxygen atoms in total. The van der Waals surface area contributed by atoms with E-state index >= 15 is 0 Å². The molecule has 1 aromatic heterocycles. The first-order valence-electron chi connectivity index (χ1n) is 5.60. The Bertz CT molecular complexity index is 470. The number of halogens is 1. The van der Waals surface area contributed by atoms with Crippen molar-refractivity contribution >= 4 is 45.2 Å². The Kier molecular flexibility index (Phi) is 6.51. The second kappa shape index (κ2) is 7.90. The standard InChI is InChI=1S/C11H14BrN3O3S/c1-3-17-8-7(12)5-6-13-9(8)14-10(19)15-11(16)18-4-2/h5-6H,3-4H2,1-2H3,(H2,13,14,15,16,19). The van der Waals surface area contributed by atoms with Crippen molar-refractivity contribution in [3.05, 3.63) is 16.7 Å². The van der Waals surface area contributed by atoms with Crippen molar-refractivity contribution in [1.82, 2.24) is 10.3 Å². The number of nitrogens with one attached hydrogen (secondary N) is 2. The predicted octanol–water partition coefficient (Wildman–Crippen LogP) is 2.69. The van der Waals surface area contributed by atoms with Gasteiger partial charge in [0, 0.05) is 6.20 Å². The molecule has 0 atom stereocenters. The number of ether oxygens (including phenoxy) is 2. The van der Waals surface area contributed by atoms with Crippen LogP contribution in [0.2, 0.25) is 0 Å². The minimum Gasteiger partial charge on any atom is -0.489 e. The van der Waals surface area contributed by atoms with Crippen molar-refractivity contribution in [3.8, 4) is 5.75 Å². The number of alkyl carbamates (subject to hydrolysis) is 1. The third-order valence-corrected chi connectivity index (χ3v) is 2.70. The Morgan fingerprint density at radius 3 is 2.84 bits per heavy atom. The van der Waals surface area contributed by atoms with Crippen LogP contribution in [0.15, 0.2) is 16.7 Å². The summed E-state index contributed by atoms with van der Waals surface area (Å²) in [5.74, 6) is 0.941. The first-order valence-corrected chi connectivity index (χ1v) is 6.80. The van der Waals surface area contributed by atoms with Crippen LogP contribution in [-0.4, -0.2) is 29.4 Å². The largest absolute Gasteiger partial charge is 0.489 e. The molecule has 1 rings (SSSR count). The molecular formula is C11H14BrN3O3S. The quantitative estimate of drug-likeness (QED) is 0.816. The molecule has 0 unspecified atom stereocenters. The summed E-state index contributed by atoms with van der Waals surface area (Å²) in [5.41, 5.74) is 0. The molecule has 1 heterocycles. The first-order chi connectivity index (χ1) is 9.08. The number of thiocarbonyl (C=S) groups is 1. The second-order valence-electron chi connectivity index (χ2n) is 3.20. The monoisotopic (exact) mass is 347 g/mol. The fourth-order valence-electron chi connectivity index (χ4n) is 1.19. The van der Waals surface area contributed by atoms with Crippen molar-refractivity contribution in [2.45, 2.75) is 13.8 Å². The number of pyridine rings is 1. The summed E-state index contributed by atoms with van der Waals surface area (Å²) in [6.07, 6.45) is 0.968. The van der Waals surface area contributed by atoms with Crippen LogP contribution in [0, 0.1) is 0 Å². The Labute approximate surface area is 125 Å². The van der Waals surface area contributed by atoms with Gasteiger partial charge in [0.1, 0.15) is 0 Å². The van der Waals surface area contributed by atoms with Crippen molar-refractivity contribution < 1.29 is 14.3 Å². The zero-order chi connectivity index (χ0) is 14.3. The molecule has 0 spiro atoms. The lowest BCUT2D eigenvalue weighted by Crippen LogP contribution is -2.34. The van der Waals surface area contributed by atoms with Gasteiger partial charge in [0.05, 0.1) is 17.7 Å². The highest BCUT2D eigenvalue weighted by Crippen LogP contribution is 2.31. The molecule has 0 bridgehead atoms. The SMILES string of the molecule is CCOC(=O)NC(=S)Nc1nccc(Br)c1OCC. The van der Waals surface area contributed by atoms with Gasteiger partial charge in [0.2, 0.25) is 0 Å². The van der Waals surface area contributed by atoms with Crippen LogP contribution in [0.5, 0.6) is 5.75 Å². The minimum atomic E-state index is -0.618. The van der Waals surface area contributed by atoms with E-state index in [4.69, 9.17) is 21.7 Å². The summed E-state index contributed by atoms with van der Waals surface area (Å²) >= 11 is 8.33. The number of nitrogens with zero attached hydrogens (tertiary/aromatic N) is 1. The lowest BCUT2D eigenvalue weighted by Gasteiger charge is -2.13. The second-order valence-corrected chi connectivity index (χ2v) is 4.47. The van der Waals surface area contributed by atoms with Crippen LogP contribution in [0.25, 0.3) is 0 Å². The lowest BCUT2D eigenvalue weighted by molar-refractivity contribution is 0.158. The molecule has 0 fully saturated rings. The maximum absolute atomic E-state index is 11.2. The Morgan fingerprint density at radius 1 is 1.47 bits per heavy atom. The van der Waals surface area contributed by atoms with E-state index in [1.807, 2.05) is 6.92 Å².